The summed E-state index contributed by atoms with van der Waals surface area (Å²) >= 11 is 0. The summed E-state index contributed by atoms with van der Waals surface area (Å²) in [5.41, 5.74) is 3.04. The zero-order valence-electron chi connectivity index (χ0n) is 14.4. The van der Waals surface area contributed by atoms with E-state index in [2.05, 4.69) is 16.1 Å². The van der Waals surface area contributed by atoms with E-state index in [1.54, 1.807) is 16.8 Å². The average molecular weight is 354 g/mol. The van der Waals surface area contributed by atoms with Crippen molar-refractivity contribution in [3.05, 3.63) is 48.0 Å². The lowest BCUT2D eigenvalue weighted by Crippen LogP contribution is -2.48. The molecule has 3 aromatic rings. The first kappa shape index (κ1) is 15.7. The largest absolute Gasteiger partial charge is 0.365 e. The molecule has 2 fully saturated rings. The molecule has 5 rings (SSSR count). The summed E-state index contributed by atoms with van der Waals surface area (Å²) in [6, 6.07) is 6.96. The van der Waals surface area contributed by atoms with Crippen LogP contribution in [-0.2, 0) is 0 Å². The van der Waals surface area contributed by atoms with E-state index in [4.69, 9.17) is 0 Å². The van der Waals surface area contributed by atoms with Gasteiger partial charge in [-0.2, -0.15) is 0 Å². The van der Waals surface area contributed by atoms with Gasteiger partial charge in [-0.15, -0.1) is 5.10 Å². The van der Waals surface area contributed by atoms with Gasteiger partial charge < -0.3 is 4.90 Å². The number of benzene rings is 1. The van der Waals surface area contributed by atoms with Crippen molar-refractivity contribution in [2.75, 3.05) is 18.0 Å². The van der Waals surface area contributed by atoms with Crippen LogP contribution in [0.4, 0.5) is 14.5 Å². The van der Waals surface area contributed by atoms with Gasteiger partial charge in [0.1, 0.15) is 17.7 Å². The molecule has 4 nitrogen and oxygen atoms in total. The summed E-state index contributed by atoms with van der Waals surface area (Å²) in [4.78, 5) is 6.38. The summed E-state index contributed by atoms with van der Waals surface area (Å²) in [6.45, 7) is 0.719. The molecule has 0 radical (unpaired) electrons. The molecule has 1 saturated heterocycles. The maximum Gasteiger partial charge on any atom is 0.181 e. The molecule has 134 valence electrons. The summed E-state index contributed by atoms with van der Waals surface area (Å²) in [5.74, 6) is 0.227. The van der Waals surface area contributed by atoms with Gasteiger partial charge in [0.05, 0.1) is 13.1 Å². The van der Waals surface area contributed by atoms with Crippen LogP contribution in [0.1, 0.15) is 37.2 Å². The van der Waals surface area contributed by atoms with Crippen LogP contribution in [0.3, 0.4) is 0 Å². The number of hydrogen-bond acceptors (Lipinski definition) is 3. The minimum Gasteiger partial charge on any atom is -0.365 e. The second-order valence-electron chi connectivity index (χ2n) is 7.37. The minimum absolute atomic E-state index is 0.352. The van der Waals surface area contributed by atoms with Crippen LogP contribution in [0.2, 0.25) is 0 Å². The van der Waals surface area contributed by atoms with Gasteiger partial charge >= 0.3 is 0 Å². The number of halogens is 2. The molecule has 1 saturated carbocycles. The van der Waals surface area contributed by atoms with E-state index in [9.17, 15) is 8.78 Å². The Bertz CT molecular complexity index is 956. The number of hydrogen-bond donors (Lipinski definition) is 0. The fourth-order valence-electron chi connectivity index (χ4n) is 4.05. The lowest BCUT2D eigenvalue weighted by atomic mass is 9.99. The van der Waals surface area contributed by atoms with Gasteiger partial charge in [-0.3, -0.25) is 0 Å². The average Bonchev–Trinajstić information content (AvgIpc) is 3.28. The lowest BCUT2D eigenvalue weighted by Gasteiger charge is -2.36. The predicted octanol–water partition coefficient (Wildman–Crippen LogP) is 4.38. The molecule has 6 heteroatoms. The van der Waals surface area contributed by atoms with Crippen LogP contribution in [0.5, 0.6) is 0 Å². The molecular weight excluding hydrogens is 334 g/mol. The monoisotopic (exact) mass is 354 g/mol. The Kier molecular flexibility index (Phi) is 3.65. The number of alkyl halides is 1. The Balaban J connectivity index is 1.51. The summed E-state index contributed by atoms with van der Waals surface area (Å²) in [6.07, 6.45) is 7.91. The molecule has 1 aromatic carbocycles. The van der Waals surface area contributed by atoms with Crippen LogP contribution in [0.25, 0.3) is 16.7 Å². The third-order valence-electron chi connectivity index (χ3n) is 5.59. The van der Waals surface area contributed by atoms with Crippen LogP contribution >= 0.6 is 0 Å². The van der Waals surface area contributed by atoms with Gasteiger partial charge in [-0.25, -0.2) is 18.4 Å². The Morgan fingerprint density at radius 2 is 1.88 bits per heavy atom. The van der Waals surface area contributed by atoms with Crippen LogP contribution < -0.4 is 4.90 Å². The quantitative estimate of drug-likeness (QED) is 0.700. The fraction of sp³-hybridized carbons (Fsp3) is 0.400. The number of nitrogens with zero attached hydrogens (tertiary/aromatic N) is 4. The maximum atomic E-state index is 14.4. The van der Waals surface area contributed by atoms with Crippen molar-refractivity contribution >= 4 is 16.7 Å². The third-order valence-corrected chi connectivity index (χ3v) is 5.59. The van der Waals surface area contributed by atoms with E-state index in [1.807, 2.05) is 17.3 Å². The highest BCUT2D eigenvalue weighted by atomic mass is 19.1. The predicted molar refractivity (Wildman–Crippen MR) is 97.1 cm³/mol. The zero-order valence-corrected chi connectivity index (χ0v) is 14.4. The third kappa shape index (κ3) is 2.64. The topological polar surface area (TPSA) is 34.0 Å². The van der Waals surface area contributed by atoms with E-state index in [-0.39, 0.29) is 5.82 Å². The highest BCUT2D eigenvalue weighted by Crippen LogP contribution is 2.35. The molecule has 0 spiro atoms. The van der Waals surface area contributed by atoms with Gasteiger partial charge in [0, 0.05) is 23.5 Å². The van der Waals surface area contributed by atoms with E-state index in [1.165, 1.54) is 37.3 Å². The molecule has 2 aliphatic rings. The Morgan fingerprint density at radius 1 is 1.08 bits per heavy atom. The van der Waals surface area contributed by atoms with Crippen molar-refractivity contribution in [3.63, 3.8) is 0 Å². The van der Waals surface area contributed by atoms with Crippen molar-refractivity contribution in [2.24, 2.45) is 0 Å². The highest BCUT2D eigenvalue weighted by molar-refractivity contribution is 5.75. The van der Waals surface area contributed by atoms with Gasteiger partial charge in [-0.1, -0.05) is 12.8 Å². The minimum atomic E-state index is -0.797. The van der Waals surface area contributed by atoms with Crippen molar-refractivity contribution in [1.82, 2.24) is 14.8 Å². The SMILES string of the molecule is Fc1ccc(N2CC(F)C2)cc1-n1cc2cc(C3CCCC3)cnc2n1. The van der Waals surface area contributed by atoms with Gasteiger partial charge in [0.25, 0.3) is 0 Å². The van der Waals surface area contributed by atoms with Gasteiger partial charge in [0.2, 0.25) is 0 Å². The van der Waals surface area contributed by atoms with E-state index >= 15 is 0 Å². The molecular formula is C20H20F2N4. The molecule has 26 heavy (non-hydrogen) atoms. The van der Waals surface area contributed by atoms with E-state index in [0.29, 0.717) is 30.3 Å². The number of rotatable bonds is 3. The van der Waals surface area contributed by atoms with Crippen molar-refractivity contribution in [1.29, 1.82) is 0 Å². The van der Waals surface area contributed by atoms with Crippen molar-refractivity contribution in [3.8, 4) is 5.69 Å². The molecule has 2 aromatic heterocycles. The molecule has 0 atom stereocenters. The second kappa shape index (κ2) is 6.04. The zero-order chi connectivity index (χ0) is 17.7. The van der Waals surface area contributed by atoms with Crippen LogP contribution in [0.15, 0.2) is 36.7 Å². The Labute approximate surface area is 150 Å². The van der Waals surface area contributed by atoms with Crippen molar-refractivity contribution < 1.29 is 8.78 Å². The summed E-state index contributed by atoms with van der Waals surface area (Å²) in [5, 5.41) is 5.37. The highest BCUT2D eigenvalue weighted by Gasteiger charge is 2.27. The molecule has 1 aliphatic carbocycles. The molecule has 0 amide bonds. The van der Waals surface area contributed by atoms with Crippen molar-refractivity contribution in [2.45, 2.75) is 37.8 Å². The lowest BCUT2D eigenvalue weighted by molar-refractivity contribution is 0.275. The normalized spacial score (nSPS) is 18.6. The van der Waals surface area contributed by atoms with Gasteiger partial charge in [-0.05, 0) is 48.6 Å². The molecule has 0 N–H and O–H groups in total. The number of pyridine rings is 1. The van der Waals surface area contributed by atoms with E-state index in [0.717, 1.165) is 11.1 Å². The standard InChI is InChI=1S/C20H20F2N4/c21-16-11-25(12-16)17-5-6-18(22)19(8-17)26-10-15-7-14(9-23-20(15)24-26)13-3-1-2-4-13/h5-10,13,16H,1-4,11-12H2. The Morgan fingerprint density at radius 3 is 2.65 bits per heavy atom. The first-order valence-electron chi connectivity index (χ1n) is 9.21. The number of aromatic nitrogens is 3. The van der Waals surface area contributed by atoms with Gasteiger partial charge in [0.15, 0.2) is 5.65 Å². The van der Waals surface area contributed by atoms with E-state index < -0.39 is 6.17 Å². The molecule has 1 aliphatic heterocycles. The fourth-order valence-corrected chi connectivity index (χ4v) is 4.05. The van der Waals surface area contributed by atoms with Crippen LogP contribution in [0, 0.1) is 5.82 Å². The molecule has 0 unspecified atom stereocenters. The Hall–Kier alpha value is -2.50. The second-order valence-corrected chi connectivity index (χ2v) is 7.37. The first-order valence-corrected chi connectivity index (χ1v) is 9.21. The number of anilines is 1. The van der Waals surface area contributed by atoms with Crippen LogP contribution in [-0.4, -0.2) is 34.0 Å². The first-order chi connectivity index (χ1) is 12.7. The number of fused-ring (bicyclic) bond motifs is 1. The smallest absolute Gasteiger partial charge is 0.181 e. The summed E-state index contributed by atoms with van der Waals surface area (Å²) in [7, 11) is 0. The maximum absolute atomic E-state index is 14.4. The molecule has 3 heterocycles. The molecule has 0 bridgehead atoms. The summed E-state index contributed by atoms with van der Waals surface area (Å²) < 4.78 is 29.1.